The Bertz CT molecular complexity index is 280. The van der Waals surface area contributed by atoms with Crippen LogP contribution in [0, 0.1) is 0 Å². The molecule has 0 radical (unpaired) electrons. The van der Waals surface area contributed by atoms with Gasteiger partial charge in [0.05, 0.1) is 6.20 Å². The predicted molar refractivity (Wildman–Crippen MR) is 68.5 cm³/mol. The average Bonchev–Trinajstić information content (AvgIpc) is 2.69. The number of nitrogens with one attached hydrogen (secondary N) is 1. The highest BCUT2D eigenvalue weighted by molar-refractivity contribution is 5.03. The van der Waals surface area contributed by atoms with Crippen molar-refractivity contribution < 1.29 is 0 Å². The van der Waals surface area contributed by atoms with Gasteiger partial charge in [0.25, 0.3) is 0 Å². The number of aryl methyl sites for hydroxylation is 2. The largest absolute Gasteiger partial charge is 0.317 e. The molecule has 3 heteroatoms. The van der Waals surface area contributed by atoms with Crippen LogP contribution in [0.5, 0.6) is 0 Å². The van der Waals surface area contributed by atoms with E-state index < -0.39 is 0 Å². The van der Waals surface area contributed by atoms with E-state index in [1.54, 1.807) is 0 Å². The van der Waals surface area contributed by atoms with E-state index in [4.69, 9.17) is 0 Å². The fourth-order valence-electron chi connectivity index (χ4n) is 2.02. The number of hydrogen-bond donors (Lipinski definition) is 1. The van der Waals surface area contributed by atoms with Gasteiger partial charge in [-0.15, -0.1) is 0 Å². The number of aromatic nitrogens is 2. The van der Waals surface area contributed by atoms with Gasteiger partial charge in [0.1, 0.15) is 0 Å². The van der Waals surface area contributed by atoms with E-state index in [-0.39, 0.29) is 0 Å². The Morgan fingerprint density at radius 1 is 1.38 bits per heavy atom. The van der Waals surface area contributed by atoms with Crippen LogP contribution < -0.4 is 5.32 Å². The molecule has 0 fully saturated rings. The third kappa shape index (κ3) is 4.79. The van der Waals surface area contributed by atoms with Gasteiger partial charge in [0.2, 0.25) is 0 Å². The Balaban J connectivity index is 2.22. The highest BCUT2D eigenvalue weighted by Crippen LogP contribution is 2.10. The molecule has 1 rings (SSSR count). The predicted octanol–water partition coefficient (Wildman–Crippen LogP) is 2.52. The van der Waals surface area contributed by atoms with Crippen LogP contribution in [-0.4, -0.2) is 22.9 Å². The summed E-state index contributed by atoms with van der Waals surface area (Å²) in [5.41, 5.74) is 1.35. The lowest BCUT2D eigenvalue weighted by Crippen LogP contribution is -2.25. The molecule has 1 N–H and O–H groups in total. The second kappa shape index (κ2) is 7.44. The van der Waals surface area contributed by atoms with E-state index in [9.17, 15) is 0 Å². The van der Waals surface area contributed by atoms with E-state index in [2.05, 4.69) is 30.6 Å². The molecule has 0 saturated carbocycles. The molecule has 1 unspecified atom stereocenters. The second-order valence-corrected chi connectivity index (χ2v) is 4.54. The SMILES string of the molecule is CCCCCC(CCc1cnn(C)c1)NC. The van der Waals surface area contributed by atoms with Crippen molar-refractivity contribution in [2.24, 2.45) is 7.05 Å². The van der Waals surface area contributed by atoms with E-state index >= 15 is 0 Å². The maximum atomic E-state index is 4.19. The van der Waals surface area contributed by atoms with Crippen LogP contribution >= 0.6 is 0 Å². The van der Waals surface area contributed by atoms with E-state index in [1.165, 1.54) is 37.7 Å². The molecule has 16 heavy (non-hydrogen) atoms. The fraction of sp³-hybridized carbons (Fsp3) is 0.769. The maximum Gasteiger partial charge on any atom is 0.0521 e. The first-order valence-electron chi connectivity index (χ1n) is 6.41. The van der Waals surface area contributed by atoms with Gasteiger partial charge in [-0.3, -0.25) is 4.68 Å². The summed E-state index contributed by atoms with van der Waals surface area (Å²) in [6.45, 7) is 2.25. The second-order valence-electron chi connectivity index (χ2n) is 4.54. The van der Waals surface area contributed by atoms with Crippen LogP contribution in [0.15, 0.2) is 12.4 Å². The van der Waals surface area contributed by atoms with Crippen molar-refractivity contribution in [2.75, 3.05) is 7.05 Å². The first-order valence-corrected chi connectivity index (χ1v) is 6.41. The van der Waals surface area contributed by atoms with E-state index in [1.807, 2.05) is 17.9 Å². The molecule has 0 spiro atoms. The molecule has 0 aliphatic carbocycles. The minimum absolute atomic E-state index is 0.659. The van der Waals surface area contributed by atoms with Crippen molar-refractivity contribution in [1.82, 2.24) is 15.1 Å². The zero-order valence-corrected chi connectivity index (χ0v) is 10.9. The number of nitrogens with zero attached hydrogens (tertiary/aromatic N) is 2. The average molecular weight is 223 g/mol. The summed E-state index contributed by atoms with van der Waals surface area (Å²) in [5, 5.41) is 7.60. The van der Waals surface area contributed by atoms with Crippen molar-refractivity contribution in [3.05, 3.63) is 18.0 Å². The molecule has 1 aromatic rings. The van der Waals surface area contributed by atoms with Crippen molar-refractivity contribution in [3.8, 4) is 0 Å². The standard InChI is InChI=1S/C13H25N3/c1-4-5-6-7-13(14-2)9-8-12-10-15-16(3)11-12/h10-11,13-14H,4-9H2,1-3H3. The first kappa shape index (κ1) is 13.2. The first-order chi connectivity index (χ1) is 7.76. The molecule has 0 aromatic carbocycles. The minimum atomic E-state index is 0.659. The van der Waals surface area contributed by atoms with Crippen molar-refractivity contribution in [3.63, 3.8) is 0 Å². The maximum absolute atomic E-state index is 4.19. The van der Waals surface area contributed by atoms with Gasteiger partial charge in [0.15, 0.2) is 0 Å². The van der Waals surface area contributed by atoms with E-state index in [0.29, 0.717) is 6.04 Å². The van der Waals surface area contributed by atoms with Gasteiger partial charge in [-0.2, -0.15) is 5.10 Å². The lowest BCUT2D eigenvalue weighted by molar-refractivity contribution is 0.465. The molecular formula is C13H25N3. The van der Waals surface area contributed by atoms with Gasteiger partial charge >= 0.3 is 0 Å². The Labute approximate surface area is 99.2 Å². The quantitative estimate of drug-likeness (QED) is 0.686. The molecule has 0 saturated heterocycles. The molecule has 0 amide bonds. The summed E-state index contributed by atoms with van der Waals surface area (Å²) in [7, 11) is 4.04. The summed E-state index contributed by atoms with van der Waals surface area (Å²) in [6.07, 6.45) is 11.7. The smallest absolute Gasteiger partial charge is 0.0521 e. The molecule has 92 valence electrons. The van der Waals surface area contributed by atoms with Gasteiger partial charge in [-0.25, -0.2) is 0 Å². The molecule has 0 bridgehead atoms. The van der Waals surface area contributed by atoms with Crippen molar-refractivity contribution in [1.29, 1.82) is 0 Å². The van der Waals surface area contributed by atoms with Gasteiger partial charge in [-0.05, 0) is 31.9 Å². The zero-order chi connectivity index (χ0) is 11.8. The van der Waals surface area contributed by atoms with Crippen molar-refractivity contribution in [2.45, 2.75) is 51.5 Å². The number of hydrogen-bond acceptors (Lipinski definition) is 2. The Hall–Kier alpha value is -0.830. The summed E-state index contributed by atoms with van der Waals surface area (Å²) < 4.78 is 1.88. The van der Waals surface area contributed by atoms with Crippen LogP contribution in [0.1, 0.15) is 44.6 Å². The summed E-state index contributed by atoms with van der Waals surface area (Å²) in [6, 6.07) is 0.659. The topological polar surface area (TPSA) is 29.9 Å². The molecule has 1 aromatic heterocycles. The Morgan fingerprint density at radius 2 is 2.19 bits per heavy atom. The van der Waals surface area contributed by atoms with Crippen LogP contribution in [0.2, 0.25) is 0 Å². The van der Waals surface area contributed by atoms with Gasteiger partial charge in [0, 0.05) is 19.3 Å². The lowest BCUT2D eigenvalue weighted by Gasteiger charge is -2.15. The van der Waals surface area contributed by atoms with E-state index in [0.717, 1.165) is 6.42 Å². The Morgan fingerprint density at radius 3 is 2.75 bits per heavy atom. The van der Waals surface area contributed by atoms with Gasteiger partial charge < -0.3 is 5.32 Å². The van der Waals surface area contributed by atoms with Crippen molar-refractivity contribution >= 4 is 0 Å². The van der Waals surface area contributed by atoms with Gasteiger partial charge in [-0.1, -0.05) is 26.2 Å². The molecule has 1 atom stereocenters. The monoisotopic (exact) mass is 223 g/mol. The Kier molecular flexibility index (Phi) is 6.16. The summed E-state index contributed by atoms with van der Waals surface area (Å²) in [5.74, 6) is 0. The normalized spacial score (nSPS) is 12.9. The van der Waals surface area contributed by atoms with Crippen LogP contribution in [0.3, 0.4) is 0 Å². The summed E-state index contributed by atoms with van der Waals surface area (Å²) in [4.78, 5) is 0. The van der Waals surface area contributed by atoms with Crippen LogP contribution in [-0.2, 0) is 13.5 Å². The molecule has 1 heterocycles. The summed E-state index contributed by atoms with van der Waals surface area (Å²) >= 11 is 0. The number of rotatable bonds is 8. The fourth-order valence-corrected chi connectivity index (χ4v) is 2.02. The van der Waals surface area contributed by atoms with Crippen LogP contribution in [0.4, 0.5) is 0 Å². The minimum Gasteiger partial charge on any atom is -0.317 e. The number of unbranched alkanes of at least 4 members (excludes halogenated alkanes) is 2. The van der Waals surface area contributed by atoms with Crippen LogP contribution in [0.25, 0.3) is 0 Å². The zero-order valence-electron chi connectivity index (χ0n) is 10.9. The molecule has 3 nitrogen and oxygen atoms in total. The molecule has 0 aliphatic heterocycles. The highest BCUT2D eigenvalue weighted by atomic mass is 15.2. The molecule has 0 aliphatic rings. The third-order valence-corrected chi connectivity index (χ3v) is 3.10. The third-order valence-electron chi connectivity index (χ3n) is 3.10. The molecular weight excluding hydrogens is 198 g/mol. The highest BCUT2D eigenvalue weighted by Gasteiger charge is 2.06. The lowest BCUT2D eigenvalue weighted by atomic mass is 10.0.